The number of nitrogens with zero attached hydrogens (tertiary/aromatic N) is 3. The summed E-state index contributed by atoms with van der Waals surface area (Å²) in [6.07, 6.45) is 6.50. The van der Waals surface area contributed by atoms with Gasteiger partial charge in [0.2, 0.25) is 0 Å². The van der Waals surface area contributed by atoms with E-state index in [-0.39, 0.29) is 0 Å². The number of rotatable bonds is 6. The number of hydrogen-bond donors (Lipinski definition) is 1. The van der Waals surface area contributed by atoms with Crippen LogP contribution in [-0.4, -0.2) is 35.6 Å². The van der Waals surface area contributed by atoms with Gasteiger partial charge in [0, 0.05) is 24.0 Å². The molecule has 3 heterocycles. The van der Waals surface area contributed by atoms with Crippen molar-refractivity contribution in [2.24, 2.45) is 0 Å². The highest BCUT2D eigenvalue weighted by molar-refractivity contribution is 7.18. The fourth-order valence-electron chi connectivity index (χ4n) is 3.07. The van der Waals surface area contributed by atoms with Gasteiger partial charge in [0.25, 0.3) is 0 Å². The van der Waals surface area contributed by atoms with Crippen LogP contribution in [0, 0.1) is 0 Å². The van der Waals surface area contributed by atoms with Gasteiger partial charge in [0.1, 0.15) is 17.0 Å². The molecule has 0 radical (unpaired) electrons. The molecule has 1 fully saturated rings. The van der Waals surface area contributed by atoms with E-state index in [1.165, 1.54) is 29.5 Å². The minimum Gasteiger partial charge on any atom is -0.352 e. The van der Waals surface area contributed by atoms with Crippen molar-refractivity contribution in [1.29, 1.82) is 0 Å². The second-order valence-corrected chi connectivity index (χ2v) is 6.79. The van der Waals surface area contributed by atoms with Crippen molar-refractivity contribution in [3.05, 3.63) is 17.3 Å². The average molecular weight is 304 g/mol. The maximum absolute atomic E-state index is 4.61. The second-order valence-electron chi connectivity index (χ2n) is 5.68. The minimum atomic E-state index is 0.569. The van der Waals surface area contributed by atoms with Gasteiger partial charge >= 0.3 is 0 Å². The van der Waals surface area contributed by atoms with Crippen molar-refractivity contribution in [2.75, 3.05) is 24.5 Å². The molecule has 3 rings (SSSR count). The Kier molecular flexibility index (Phi) is 4.70. The van der Waals surface area contributed by atoms with Crippen LogP contribution < -0.4 is 10.2 Å². The number of hydrogen-bond acceptors (Lipinski definition) is 5. The molecule has 0 spiro atoms. The third-order valence-corrected chi connectivity index (χ3v) is 5.35. The summed E-state index contributed by atoms with van der Waals surface area (Å²) in [6, 6.07) is 2.85. The molecule has 5 heteroatoms. The fourth-order valence-corrected chi connectivity index (χ4v) is 4.00. The van der Waals surface area contributed by atoms with Gasteiger partial charge in [-0.05, 0) is 38.3 Å². The van der Waals surface area contributed by atoms with Crippen LogP contribution in [0.15, 0.2) is 12.4 Å². The standard InChI is InChI=1S/C16H24N4S/c1-3-7-17-10-12-6-5-8-20(12)15-14-9-13(4-2)21-16(14)19-11-18-15/h9,11-12,17H,3-8,10H2,1-2H3. The highest BCUT2D eigenvalue weighted by atomic mass is 32.1. The van der Waals surface area contributed by atoms with Gasteiger partial charge in [-0.2, -0.15) is 0 Å². The Morgan fingerprint density at radius 3 is 3.10 bits per heavy atom. The van der Waals surface area contributed by atoms with Crippen LogP contribution in [0.2, 0.25) is 0 Å². The van der Waals surface area contributed by atoms with E-state index in [0.717, 1.165) is 36.7 Å². The zero-order valence-electron chi connectivity index (χ0n) is 12.9. The van der Waals surface area contributed by atoms with E-state index in [1.54, 1.807) is 17.7 Å². The zero-order chi connectivity index (χ0) is 14.7. The first-order valence-corrected chi connectivity index (χ1v) is 8.86. The highest BCUT2D eigenvalue weighted by Crippen LogP contribution is 2.33. The van der Waals surface area contributed by atoms with Crippen molar-refractivity contribution in [3.8, 4) is 0 Å². The number of nitrogens with one attached hydrogen (secondary N) is 1. The monoisotopic (exact) mass is 304 g/mol. The van der Waals surface area contributed by atoms with Gasteiger partial charge in [-0.15, -0.1) is 11.3 Å². The summed E-state index contributed by atoms with van der Waals surface area (Å²) in [4.78, 5) is 14.1. The molecule has 4 nitrogen and oxygen atoms in total. The summed E-state index contributed by atoms with van der Waals surface area (Å²) in [6.45, 7) is 7.68. The number of aromatic nitrogens is 2. The van der Waals surface area contributed by atoms with Crippen molar-refractivity contribution in [2.45, 2.75) is 45.6 Å². The van der Waals surface area contributed by atoms with E-state index in [1.807, 2.05) is 0 Å². The topological polar surface area (TPSA) is 41.0 Å². The molecule has 0 bridgehead atoms. The van der Waals surface area contributed by atoms with Crippen LogP contribution in [-0.2, 0) is 6.42 Å². The molecule has 21 heavy (non-hydrogen) atoms. The van der Waals surface area contributed by atoms with Gasteiger partial charge < -0.3 is 10.2 Å². The predicted octanol–water partition coefficient (Wildman–Crippen LogP) is 3.22. The lowest BCUT2D eigenvalue weighted by molar-refractivity contribution is 0.569. The molecule has 0 aromatic carbocycles. The summed E-state index contributed by atoms with van der Waals surface area (Å²) in [5.41, 5.74) is 0. The minimum absolute atomic E-state index is 0.569. The average Bonchev–Trinajstić information content (AvgIpc) is 3.13. The van der Waals surface area contributed by atoms with E-state index < -0.39 is 0 Å². The molecule has 1 saturated heterocycles. The molecule has 1 aliphatic heterocycles. The predicted molar refractivity (Wildman–Crippen MR) is 90.3 cm³/mol. The lowest BCUT2D eigenvalue weighted by atomic mass is 10.2. The largest absolute Gasteiger partial charge is 0.352 e. The number of anilines is 1. The summed E-state index contributed by atoms with van der Waals surface area (Å²) >= 11 is 1.80. The lowest BCUT2D eigenvalue weighted by Crippen LogP contribution is -2.38. The molecule has 2 aromatic rings. The molecule has 1 unspecified atom stereocenters. The Bertz CT molecular complexity index is 595. The first-order chi connectivity index (χ1) is 10.3. The van der Waals surface area contributed by atoms with Crippen molar-refractivity contribution in [3.63, 3.8) is 0 Å². The molecule has 0 saturated carbocycles. The van der Waals surface area contributed by atoms with Crippen LogP contribution in [0.25, 0.3) is 10.2 Å². The van der Waals surface area contributed by atoms with Gasteiger partial charge in [0.15, 0.2) is 0 Å². The molecule has 1 aliphatic rings. The van der Waals surface area contributed by atoms with Gasteiger partial charge in [-0.25, -0.2) is 9.97 Å². The smallest absolute Gasteiger partial charge is 0.141 e. The molecule has 114 valence electrons. The van der Waals surface area contributed by atoms with Crippen LogP contribution in [0.4, 0.5) is 5.82 Å². The maximum Gasteiger partial charge on any atom is 0.141 e. The summed E-state index contributed by atoms with van der Waals surface area (Å²) in [5.74, 6) is 1.14. The molecular weight excluding hydrogens is 280 g/mol. The van der Waals surface area contributed by atoms with Gasteiger partial charge in [-0.3, -0.25) is 0 Å². The quantitative estimate of drug-likeness (QED) is 0.832. The highest BCUT2D eigenvalue weighted by Gasteiger charge is 2.27. The summed E-state index contributed by atoms with van der Waals surface area (Å²) < 4.78 is 0. The van der Waals surface area contributed by atoms with Gasteiger partial charge in [-0.1, -0.05) is 13.8 Å². The Morgan fingerprint density at radius 2 is 2.29 bits per heavy atom. The Labute approximate surface area is 130 Å². The van der Waals surface area contributed by atoms with E-state index >= 15 is 0 Å². The third kappa shape index (κ3) is 3.04. The number of aryl methyl sites for hydroxylation is 1. The van der Waals surface area contributed by atoms with E-state index in [2.05, 4.69) is 40.1 Å². The van der Waals surface area contributed by atoms with Crippen LogP contribution in [0.3, 0.4) is 0 Å². The number of fused-ring (bicyclic) bond motifs is 1. The van der Waals surface area contributed by atoms with Crippen molar-refractivity contribution >= 4 is 27.4 Å². The molecule has 1 N–H and O–H groups in total. The van der Waals surface area contributed by atoms with E-state index in [4.69, 9.17) is 0 Å². The van der Waals surface area contributed by atoms with E-state index in [9.17, 15) is 0 Å². The Balaban J connectivity index is 1.86. The van der Waals surface area contributed by atoms with Crippen LogP contribution in [0.5, 0.6) is 0 Å². The fraction of sp³-hybridized carbons (Fsp3) is 0.625. The van der Waals surface area contributed by atoms with Crippen molar-refractivity contribution < 1.29 is 0 Å². The Hall–Kier alpha value is -1.20. The Morgan fingerprint density at radius 1 is 1.38 bits per heavy atom. The zero-order valence-corrected chi connectivity index (χ0v) is 13.7. The molecule has 0 aliphatic carbocycles. The SMILES string of the molecule is CCCNCC1CCCN1c1ncnc2sc(CC)cc12. The summed E-state index contributed by atoms with van der Waals surface area (Å²) in [7, 11) is 0. The van der Waals surface area contributed by atoms with E-state index in [0.29, 0.717) is 6.04 Å². The van der Waals surface area contributed by atoms with Crippen molar-refractivity contribution in [1.82, 2.24) is 15.3 Å². The normalized spacial score (nSPS) is 18.8. The molecule has 1 atom stereocenters. The van der Waals surface area contributed by atoms with Crippen LogP contribution in [0.1, 0.15) is 38.0 Å². The molecule has 0 amide bonds. The maximum atomic E-state index is 4.61. The van der Waals surface area contributed by atoms with Gasteiger partial charge in [0.05, 0.1) is 5.39 Å². The summed E-state index contributed by atoms with van der Waals surface area (Å²) in [5, 5.41) is 4.80. The molecular formula is C16H24N4S. The molecule has 2 aromatic heterocycles. The first-order valence-electron chi connectivity index (χ1n) is 8.04. The van der Waals surface area contributed by atoms with Crippen LogP contribution >= 0.6 is 11.3 Å². The lowest BCUT2D eigenvalue weighted by Gasteiger charge is -2.26. The first kappa shape index (κ1) is 14.7. The third-order valence-electron chi connectivity index (χ3n) is 4.16. The second kappa shape index (κ2) is 6.71. The number of thiophene rings is 1.